The molecular formula is C22H39N3O15. The minimum atomic E-state index is -1.92. The monoisotopic (exact) mass is 585 g/mol. The van der Waals surface area contributed by atoms with Crippen LogP contribution < -0.4 is 16.4 Å². The molecule has 0 bridgehead atoms. The molecule has 18 heteroatoms. The highest BCUT2D eigenvalue weighted by Gasteiger charge is 2.51. The van der Waals surface area contributed by atoms with E-state index in [0.29, 0.717) is 0 Å². The third-order valence-electron chi connectivity index (χ3n) is 6.52. The predicted molar refractivity (Wildman–Crippen MR) is 128 cm³/mol. The molecular weight excluding hydrogens is 546 g/mol. The molecule has 0 aliphatic carbocycles. The second-order valence-electron chi connectivity index (χ2n) is 9.53. The summed E-state index contributed by atoms with van der Waals surface area (Å²) >= 11 is 0. The highest BCUT2D eigenvalue weighted by molar-refractivity contribution is 5.77. The lowest BCUT2D eigenvalue weighted by Gasteiger charge is -2.48. The van der Waals surface area contributed by atoms with E-state index in [-0.39, 0.29) is 6.29 Å². The number of carbonyl (C=O) groups excluding carboxylic acids is 3. The van der Waals surface area contributed by atoms with Crippen LogP contribution in [0.2, 0.25) is 0 Å². The van der Waals surface area contributed by atoms with Crippen molar-refractivity contribution in [1.82, 2.24) is 10.6 Å². The molecule has 2 amide bonds. The molecule has 0 aromatic rings. The number of hydrogen-bond donors (Lipinski definition) is 11. The molecule has 2 aliphatic rings. The third-order valence-corrected chi connectivity index (χ3v) is 6.52. The van der Waals surface area contributed by atoms with E-state index in [1.165, 1.54) is 0 Å². The average Bonchev–Trinajstić information content (AvgIpc) is 2.92. The van der Waals surface area contributed by atoms with Crippen LogP contribution in [0, 0.1) is 0 Å². The minimum Gasteiger partial charge on any atom is -0.394 e. The molecule has 2 aliphatic heterocycles. The Balaban J connectivity index is 2.27. The molecule has 14 atom stereocenters. The number of amides is 2. The highest BCUT2D eigenvalue weighted by atomic mass is 16.7. The van der Waals surface area contributed by atoms with Gasteiger partial charge >= 0.3 is 0 Å². The fourth-order valence-electron chi connectivity index (χ4n) is 4.42. The SMILES string of the molecule is CC(=O)N[C@H]1[C@H](O[C@H]2[C@H](O)[C@@H](N)[C@H](O[C@@H]([C@H](O)[C@H](C=O)NC(C)=O)[C@H](O)CO)O[C@@H]2CO)O[C@H](CO)[C@@H](O)[C@@H]1O. The zero-order valence-corrected chi connectivity index (χ0v) is 21.8. The standard InChI is InChI=1S/C22H39N3O15/c1-7(30)24-9(3-26)15(33)19(10(32)4-27)39-21-13(23)17(35)20(12(6-29)38-21)40-22-14(25-8(2)31)18(36)16(34)11(5-28)37-22/h3,9-22,27-29,32-36H,4-6,23H2,1-2H3,(H,24,30)(H,25,31)/t9-,10+,11+,12+,13+,14+,15+,16+,17+,18+,19+,20+,21-,22-/m0/s1. The summed E-state index contributed by atoms with van der Waals surface area (Å²) in [6.45, 7) is -0.354. The highest BCUT2D eigenvalue weighted by Crippen LogP contribution is 2.30. The fourth-order valence-corrected chi connectivity index (χ4v) is 4.42. The van der Waals surface area contributed by atoms with E-state index in [1.807, 2.05) is 0 Å². The van der Waals surface area contributed by atoms with E-state index in [1.54, 1.807) is 0 Å². The second kappa shape index (κ2) is 15.4. The van der Waals surface area contributed by atoms with Gasteiger partial charge in [0.1, 0.15) is 73.3 Å². The number of nitrogens with one attached hydrogen (secondary N) is 2. The first-order valence-corrected chi connectivity index (χ1v) is 12.4. The number of aldehydes is 1. The summed E-state index contributed by atoms with van der Waals surface area (Å²) in [7, 11) is 0. The van der Waals surface area contributed by atoms with Gasteiger partial charge in [0.25, 0.3) is 0 Å². The first kappa shape index (κ1) is 34.3. The van der Waals surface area contributed by atoms with Crippen LogP contribution in [-0.4, -0.2) is 164 Å². The van der Waals surface area contributed by atoms with E-state index in [2.05, 4.69) is 10.6 Å². The molecule has 18 nitrogen and oxygen atoms in total. The number of aliphatic hydroxyl groups is 8. The van der Waals surface area contributed by atoms with Gasteiger partial charge in [-0.1, -0.05) is 0 Å². The van der Waals surface area contributed by atoms with Crippen molar-refractivity contribution in [2.45, 2.75) is 99.5 Å². The zero-order valence-electron chi connectivity index (χ0n) is 21.8. The van der Waals surface area contributed by atoms with Crippen molar-refractivity contribution in [3.8, 4) is 0 Å². The molecule has 12 N–H and O–H groups in total. The minimum absolute atomic E-state index is 0.171. The molecule has 0 saturated carbocycles. The van der Waals surface area contributed by atoms with E-state index in [0.717, 1.165) is 13.8 Å². The van der Waals surface area contributed by atoms with Crippen LogP contribution in [0.1, 0.15) is 13.8 Å². The Morgan fingerprint density at radius 3 is 2.05 bits per heavy atom. The van der Waals surface area contributed by atoms with Crippen LogP contribution in [0.4, 0.5) is 0 Å². The average molecular weight is 586 g/mol. The Hall–Kier alpha value is -1.91. The van der Waals surface area contributed by atoms with E-state index in [9.17, 15) is 55.2 Å². The van der Waals surface area contributed by atoms with Crippen molar-refractivity contribution < 1.29 is 74.2 Å². The Kier molecular flexibility index (Phi) is 13.2. The van der Waals surface area contributed by atoms with E-state index < -0.39 is 117 Å². The molecule has 0 aromatic heterocycles. The summed E-state index contributed by atoms with van der Waals surface area (Å²) in [5.74, 6) is -1.33. The van der Waals surface area contributed by atoms with Crippen molar-refractivity contribution in [3.05, 3.63) is 0 Å². The number of aliphatic hydroxyl groups excluding tert-OH is 8. The summed E-state index contributed by atoms with van der Waals surface area (Å²) in [6.07, 6.45) is -18.0. The lowest BCUT2D eigenvalue weighted by atomic mass is 9.94. The van der Waals surface area contributed by atoms with Crippen LogP contribution in [0.3, 0.4) is 0 Å². The fraction of sp³-hybridized carbons (Fsp3) is 0.864. The van der Waals surface area contributed by atoms with Crippen molar-refractivity contribution in [2.75, 3.05) is 19.8 Å². The maximum Gasteiger partial charge on any atom is 0.217 e. The van der Waals surface area contributed by atoms with Gasteiger partial charge in [0.15, 0.2) is 12.6 Å². The van der Waals surface area contributed by atoms with Crippen molar-refractivity contribution in [2.24, 2.45) is 5.73 Å². The smallest absolute Gasteiger partial charge is 0.217 e. The number of nitrogens with two attached hydrogens (primary N) is 1. The van der Waals surface area contributed by atoms with Crippen LogP contribution in [0.15, 0.2) is 0 Å². The molecule has 2 heterocycles. The molecule has 2 rings (SSSR count). The van der Waals surface area contributed by atoms with Gasteiger partial charge in [0.05, 0.1) is 25.9 Å². The Labute approximate surface area is 228 Å². The summed E-state index contributed by atoms with van der Waals surface area (Å²) in [5, 5.41) is 85.8. The molecule has 0 unspecified atom stereocenters. The molecule has 0 aromatic carbocycles. The van der Waals surface area contributed by atoms with Gasteiger partial charge in [-0.15, -0.1) is 0 Å². The van der Waals surface area contributed by atoms with Gasteiger partial charge in [-0.05, 0) is 0 Å². The summed E-state index contributed by atoms with van der Waals surface area (Å²) in [5.41, 5.74) is 6.07. The Morgan fingerprint density at radius 1 is 0.950 bits per heavy atom. The van der Waals surface area contributed by atoms with Gasteiger partial charge in [0, 0.05) is 13.8 Å². The molecule has 40 heavy (non-hydrogen) atoms. The van der Waals surface area contributed by atoms with Crippen molar-refractivity contribution in [3.63, 3.8) is 0 Å². The van der Waals surface area contributed by atoms with Gasteiger partial charge < -0.3 is 81.0 Å². The Bertz CT molecular complexity index is 837. The zero-order chi connectivity index (χ0) is 30.3. The molecule has 232 valence electrons. The van der Waals surface area contributed by atoms with E-state index in [4.69, 9.17) is 24.7 Å². The second-order valence-corrected chi connectivity index (χ2v) is 9.53. The quantitative estimate of drug-likeness (QED) is 0.0894. The van der Waals surface area contributed by atoms with Gasteiger partial charge in [-0.2, -0.15) is 0 Å². The van der Waals surface area contributed by atoms with Crippen LogP contribution in [-0.2, 0) is 33.3 Å². The lowest BCUT2D eigenvalue weighted by molar-refractivity contribution is -0.339. The van der Waals surface area contributed by atoms with Crippen LogP contribution in [0.25, 0.3) is 0 Å². The summed E-state index contributed by atoms with van der Waals surface area (Å²) < 4.78 is 22.3. The van der Waals surface area contributed by atoms with Crippen LogP contribution >= 0.6 is 0 Å². The normalized spacial score (nSPS) is 37.6. The maximum absolute atomic E-state index is 11.7. The number of rotatable bonds is 13. The van der Waals surface area contributed by atoms with E-state index >= 15 is 0 Å². The third kappa shape index (κ3) is 8.10. The largest absolute Gasteiger partial charge is 0.394 e. The summed E-state index contributed by atoms with van der Waals surface area (Å²) in [4.78, 5) is 34.5. The van der Waals surface area contributed by atoms with Gasteiger partial charge in [-0.3, -0.25) is 9.59 Å². The van der Waals surface area contributed by atoms with Gasteiger partial charge in [-0.25, -0.2) is 0 Å². The summed E-state index contributed by atoms with van der Waals surface area (Å²) in [6, 6.07) is -4.50. The molecule has 0 spiro atoms. The lowest BCUT2D eigenvalue weighted by Crippen LogP contribution is -2.69. The molecule has 2 saturated heterocycles. The topological polar surface area (TPSA) is 300 Å². The number of ether oxygens (including phenoxy) is 4. The molecule has 2 fully saturated rings. The molecule has 0 radical (unpaired) electrons. The Morgan fingerprint density at radius 2 is 1.55 bits per heavy atom. The maximum atomic E-state index is 11.7. The van der Waals surface area contributed by atoms with Crippen LogP contribution in [0.5, 0.6) is 0 Å². The number of carbonyl (C=O) groups is 3. The number of hydrogen-bond acceptors (Lipinski definition) is 16. The van der Waals surface area contributed by atoms with Crippen molar-refractivity contribution >= 4 is 18.1 Å². The first-order valence-electron chi connectivity index (χ1n) is 12.4. The van der Waals surface area contributed by atoms with Gasteiger partial charge in [0.2, 0.25) is 11.8 Å². The predicted octanol–water partition coefficient (Wildman–Crippen LogP) is -7.48. The van der Waals surface area contributed by atoms with Crippen molar-refractivity contribution in [1.29, 1.82) is 0 Å². The first-order chi connectivity index (χ1) is 18.8.